The summed E-state index contributed by atoms with van der Waals surface area (Å²) < 4.78 is 45.4. The molecule has 2 saturated heterocycles. The lowest BCUT2D eigenvalue weighted by Crippen LogP contribution is -2.58. The van der Waals surface area contributed by atoms with E-state index in [2.05, 4.69) is 30.9 Å². The number of benzene rings is 2. The summed E-state index contributed by atoms with van der Waals surface area (Å²) in [6.45, 7) is 0.748. The van der Waals surface area contributed by atoms with Crippen LogP contribution >= 0.6 is 11.6 Å². The van der Waals surface area contributed by atoms with Crippen LogP contribution in [0.3, 0.4) is 0 Å². The van der Waals surface area contributed by atoms with Crippen LogP contribution in [0.1, 0.15) is 63.0 Å². The van der Waals surface area contributed by atoms with Crippen molar-refractivity contribution in [1.29, 1.82) is 0 Å². The lowest BCUT2D eigenvalue weighted by atomic mass is 9.68. The number of carbonyl (C=O) groups excluding carboxylic acids is 2. The van der Waals surface area contributed by atoms with Crippen LogP contribution in [0.4, 0.5) is 31.9 Å². The second kappa shape index (κ2) is 13.5. The van der Waals surface area contributed by atoms with E-state index in [4.69, 9.17) is 26.1 Å². The maximum atomic E-state index is 15.1. The molecule has 1 spiro atoms. The van der Waals surface area contributed by atoms with Gasteiger partial charge >= 0.3 is 5.92 Å². The van der Waals surface area contributed by atoms with Gasteiger partial charge in [0.2, 0.25) is 23.5 Å². The summed E-state index contributed by atoms with van der Waals surface area (Å²) in [7, 11) is 3.45. The van der Waals surface area contributed by atoms with Crippen LogP contribution in [0.5, 0.6) is 11.5 Å². The summed E-state index contributed by atoms with van der Waals surface area (Å²) >= 11 is 6.61. The summed E-state index contributed by atoms with van der Waals surface area (Å²) in [6, 6.07) is 10.1. The Labute approximate surface area is 336 Å². The fourth-order valence-corrected chi connectivity index (χ4v) is 9.44. The molecule has 14 nitrogen and oxygen atoms in total. The molecule has 2 amide bonds. The highest BCUT2D eigenvalue weighted by Gasteiger charge is 2.51. The van der Waals surface area contributed by atoms with Gasteiger partial charge < -0.3 is 29.6 Å². The third-order valence-corrected chi connectivity index (χ3v) is 12.9. The predicted octanol–water partition coefficient (Wildman–Crippen LogP) is 6.18. The topological polar surface area (TPSA) is 158 Å². The van der Waals surface area contributed by atoms with E-state index < -0.39 is 30.0 Å². The second-order valence-electron chi connectivity index (χ2n) is 16.7. The molecule has 0 radical (unpaired) electrons. The Kier molecular flexibility index (Phi) is 8.59. The van der Waals surface area contributed by atoms with Gasteiger partial charge in [-0.2, -0.15) is 10.1 Å². The van der Waals surface area contributed by atoms with Crippen molar-refractivity contribution >= 4 is 68.4 Å². The fourth-order valence-electron chi connectivity index (χ4n) is 9.31. The van der Waals surface area contributed by atoms with Crippen molar-refractivity contribution in [2.24, 2.45) is 25.4 Å². The Morgan fingerprint density at radius 2 is 1.78 bits per heavy atom. The van der Waals surface area contributed by atoms with Gasteiger partial charge in [0.15, 0.2) is 12.4 Å². The molecule has 2 atom stereocenters. The first-order valence-corrected chi connectivity index (χ1v) is 20.2. The molecule has 3 aromatic heterocycles. The number of imide groups is 1. The normalized spacial score (nSPS) is 22.8. The van der Waals surface area contributed by atoms with Crippen molar-refractivity contribution in [3.8, 4) is 11.5 Å². The Hall–Kier alpha value is -5.51. The number of fused-ring (bicyclic) bond motifs is 4. The van der Waals surface area contributed by atoms with Crippen LogP contribution in [-0.4, -0.2) is 73.9 Å². The third kappa shape index (κ3) is 6.36. The van der Waals surface area contributed by atoms with E-state index in [1.165, 1.54) is 4.57 Å². The van der Waals surface area contributed by atoms with E-state index in [9.17, 15) is 14.4 Å². The van der Waals surface area contributed by atoms with E-state index in [-0.39, 0.29) is 40.7 Å². The minimum atomic E-state index is -3.13. The molecular weight excluding hydrogens is 772 g/mol. The maximum Gasteiger partial charge on any atom is 0.301 e. The predicted molar refractivity (Wildman–Crippen MR) is 213 cm³/mol. The number of nitrogens with zero attached hydrogens (tertiary/aromatic N) is 6. The van der Waals surface area contributed by atoms with E-state index in [0.717, 1.165) is 55.4 Å². The summed E-state index contributed by atoms with van der Waals surface area (Å²) in [5.74, 6) is -2.73. The van der Waals surface area contributed by atoms with Crippen LogP contribution in [0.25, 0.3) is 21.8 Å². The lowest BCUT2D eigenvalue weighted by Gasteiger charge is -2.53. The summed E-state index contributed by atoms with van der Waals surface area (Å²) in [6.07, 6.45) is 7.58. The van der Waals surface area contributed by atoms with E-state index in [0.29, 0.717) is 64.8 Å². The lowest BCUT2D eigenvalue weighted by molar-refractivity contribution is -0.134. The average molecular weight is 814 g/mol. The number of alkyl halides is 2. The number of anilines is 4. The van der Waals surface area contributed by atoms with Gasteiger partial charge in [-0.1, -0.05) is 11.6 Å². The van der Waals surface area contributed by atoms with Crippen LogP contribution in [0.15, 0.2) is 47.4 Å². The number of halogens is 3. The Balaban J connectivity index is 0.802. The molecule has 2 saturated carbocycles. The first kappa shape index (κ1) is 36.8. The first-order chi connectivity index (χ1) is 27.8. The zero-order valence-electron chi connectivity index (χ0n) is 32.0. The van der Waals surface area contributed by atoms with E-state index in [1.54, 1.807) is 36.1 Å². The zero-order valence-corrected chi connectivity index (χ0v) is 32.7. The van der Waals surface area contributed by atoms with Crippen LogP contribution in [-0.2, 0) is 23.7 Å². The first-order valence-electron chi connectivity index (χ1n) is 19.8. The number of amides is 2. The third-order valence-electron chi connectivity index (χ3n) is 12.7. The molecule has 0 bridgehead atoms. The van der Waals surface area contributed by atoms with Gasteiger partial charge in [-0.05, 0) is 81.2 Å². The van der Waals surface area contributed by atoms with Gasteiger partial charge in [-0.25, -0.2) is 13.8 Å². The van der Waals surface area contributed by atoms with E-state index >= 15 is 8.78 Å². The Bertz CT molecular complexity index is 2580. The fraction of sp³-hybridized carbons (Fsp3) is 0.463. The van der Waals surface area contributed by atoms with Crippen molar-refractivity contribution < 1.29 is 27.8 Å². The molecule has 302 valence electrons. The monoisotopic (exact) mass is 813 g/mol. The van der Waals surface area contributed by atoms with Crippen molar-refractivity contribution in [3.05, 3.63) is 63.7 Å². The summed E-state index contributed by atoms with van der Waals surface area (Å²) in [5, 5.41) is 15.2. The van der Waals surface area contributed by atoms with Gasteiger partial charge in [0, 0.05) is 61.5 Å². The molecule has 58 heavy (non-hydrogen) atoms. The average Bonchev–Trinajstić information content (AvgIpc) is 3.99. The number of ether oxygens (including phenoxy) is 2. The quantitative estimate of drug-likeness (QED) is 0.161. The Morgan fingerprint density at radius 1 is 0.983 bits per heavy atom. The molecule has 5 aromatic rings. The molecule has 2 unspecified atom stereocenters. The van der Waals surface area contributed by atoms with Crippen molar-refractivity contribution in [2.45, 2.75) is 75.4 Å². The largest absolute Gasteiger partial charge is 0.490 e. The maximum absolute atomic E-state index is 15.1. The van der Waals surface area contributed by atoms with Crippen molar-refractivity contribution in [1.82, 2.24) is 29.6 Å². The highest BCUT2D eigenvalue weighted by atomic mass is 35.5. The highest BCUT2D eigenvalue weighted by Crippen LogP contribution is 2.48. The van der Waals surface area contributed by atoms with Crippen LogP contribution in [0, 0.1) is 11.3 Å². The molecule has 5 aliphatic rings. The number of aryl methyl sites for hydroxylation is 2. The molecule has 2 aromatic carbocycles. The van der Waals surface area contributed by atoms with Crippen molar-refractivity contribution in [3.63, 3.8) is 0 Å². The second-order valence-corrected chi connectivity index (χ2v) is 17.1. The molecule has 4 fully saturated rings. The zero-order chi connectivity index (χ0) is 40.1. The molecule has 3 aliphatic heterocycles. The number of rotatable bonds is 7. The van der Waals surface area contributed by atoms with Gasteiger partial charge in [0.25, 0.3) is 5.56 Å². The number of pyridine rings is 1. The molecule has 2 aliphatic carbocycles. The molecule has 3 N–H and O–H groups in total. The number of aromatic nitrogens is 5. The number of hydrogen-bond donors (Lipinski definition) is 3. The standard InChI is InChI=1S/C41H42ClF2N9O5/c1-51-29-9-5-22(15-27(29)33-34(38(51)56)57-20-41(43,44)35(48-33)21-3-4-21)46-36-28(42)17-45-39(49-36)53-18-40(19-53)13-11-23(12-14-40)58-24-6-7-25-30(16-24)52(2)50-32(25)26-8-10-31(54)47-37(26)55/h5-7,9,15-17,21,23,26,35,48H,3-4,8,10-14,18-20H2,1-2H3,(H,45,46,49)(H,47,54,55). The van der Waals surface area contributed by atoms with E-state index in [1.807, 2.05) is 25.2 Å². The van der Waals surface area contributed by atoms with Crippen LogP contribution < -0.4 is 35.9 Å². The smallest absolute Gasteiger partial charge is 0.301 e. The van der Waals surface area contributed by atoms with Crippen LogP contribution in [0.2, 0.25) is 5.02 Å². The number of carbonyl (C=O) groups is 2. The van der Waals surface area contributed by atoms with Gasteiger partial charge in [0.05, 0.1) is 46.7 Å². The Morgan fingerprint density at radius 3 is 2.53 bits per heavy atom. The summed E-state index contributed by atoms with van der Waals surface area (Å²) in [4.78, 5) is 48.9. The minimum Gasteiger partial charge on any atom is -0.490 e. The number of piperidine rings is 1. The van der Waals surface area contributed by atoms with Crippen molar-refractivity contribution in [2.75, 3.05) is 35.2 Å². The summed E-state index contributed by atoms with van der Waals surface area (Å²) in [5.41, 5.74) is 2.65. The SMILES string of the molecule is Cn1nc(C2CCC(=O)NC2=O)c2ccc(OC3CCC4(CC3)CN(c3ncc(Cl)c(Nc5ccc6c(c5)c5c(c(=O)n6C)OCC(F)(F)C(C6CC6)N5)n3)C4)cc21. The highest BCUT2D eigenvalue weighted by molar-refractivity contribution is 6.33. The minimum absolute atomic E-state index is 0.0692. The number of hydrogen-bond acceptors (Lipinski definition) is 11. The number of nitrogens with one attached hydrogen (secondary N) is 3. The molecule has 6 heterocycles. The van der Waals surface area contributed by atoms with Gasteiger partial charge in [0.1, 0.15) is 10.8 Å². The molecule has 17 heteroatoms. The van der Waals surface area contributed by atoms with Gasteiger partial charge in [-0.3, -0.25) is 24.4 Å². The van der Waals surface area contributed by atoms with Gasteiger partial charge in [-0.15, -0.1) is 0 Å². The molecular formula is C41H42ClF2N9O5. The molecule has 10 rings (SSSR count).